The van der Waals surface area contributed by atoms with Gasteiger partial charge in [-0.25, -0.2) is 9.78 Å². The van der Waals surface area contributed by atoms with Gasteiger partial charge in [-0.15, -0.1) is 0 Å². The summed E-state index contributed by atoms with van der Waals surface area (Å²) in [6.45, 7) is 6.91. The van der Waals surface area contributed by atoms with Crippen molar-refractivity contribution in [1.82, 2.24) is 4.98 Å². The van der Waals surface area contributed by atoms with Crippen molar-refractivity contribution in [3.63, 3.8) is 0 Å². The SMILES string of the molecule is COc1ccnc(C(=O)C[C@@H](C)C(=O)O[C@@H](C)[C@@H](OC(=O)c2ccccc2)C(C)C)c1O. The van der Waals surface area contributed by atoms with Gasteiger partial charge in [0, 0.05) is 18.7 Å². The second-order valence-corrected chi connectivity index (χ2v) is 7.86. The van der Waals surface area contributed by atoms with Crippen LogP contribution in [-0.2, 0) is 14.3 Å². The highest BCUT2D eigenvalue weighted by Crippen LogP contribution is 2.29. The van der Waals surface area contributed by atoms with E-state index in [1.807, 2.05) is 13.8 Å². The van der Waals surface area contributed by atoms with Crippen LogP contribution in [0.5, 0.6) is 11.5 Å². The number of benzene rings is 1. The van der Waals surface area contributed by atoms with Crippen LogP contribution >= 0.6 is 0 Å². The van der Waals surface area contributed by atoms with Crippen molar-refractivity contribution in [1.29, 1.82) is 0 Å². The molecule has 0 saturated carbocycles. The summed E-state index contributed by atoms with van der Waals surface area (Å²) < 4.78 is 16.1. The number of hydrogen-bond donors (Lipinski definition) is 1. The summed E-state index contributed by atoms with van der Waals surface area (Å²) in [7, 11) is 1.36. The van der Waals surface area contributed by atoms with Gasteiger partial charge in [-0.1, -0.05) is 39.0 Å². The van der Waals surface area contributed by atoms with E-state index >= 15 is 0 Å². The molecule has 2 aromatic rings. The van der Waals surface area contributed by atoms with Crippen molar-refractivity contribution in [3.05, 3.63) is 53.9 Å². The monoisotopic (exact) mass is 443 g/mol. The first-order chi connectivity index (χ1) is 15.1. The van der Waals surface area contributed by atoms with E-state index in [0.29, 0.717) is 5.56 Å². The molecule has 172 valence electrons. The van der Waals surface area contributed by atoms with E-state index in [4.69, 9.17) is 14.2 Å². The molecule has 0 fully saturated rings. The lowest BCUT2D eigenvalue weighted by Crippen LogP contribution is -2.38. The maximum atomic E-state index is 12.6. The molecule has 0 bridgehead atoms. The second kappa shape index (κ2) is 11.3. The van der Waals surface area contributed by atoms with Crippen molar-refractivity contribution in [2.75, 3.05) is 7.11 Å². The van der Waals surface area contributed by atoms with Gasteiger partial charge in [0.2, 0.25) is 0 Å². The van der Waals surface area contributed by atoms with Crippen LogP contribution in [-0.4, -0.2) is 47.1 Å². The largest absolute Gasteiger partial charge is 0.503 e. The second-order valence-electron chi connectivity index (χ2n) is 7.86. The zero-order chi connectivity index (χ0) is 23.8. The van der Waals surface area contributed by atoms with Crippen LogP contribution in [0.15, 0.2) is 42.6 Å². The quantitative estimate of drug-likeness (QED) is 0.436. The normalized spacial score (nSPS) is 13.7. The molecule has 0 aliphatic rings. The molecule has 0 saturated heterocycles. The summed E-state index contributed by atoms with van der Waals surface area (Å²) in [5.74, 6) is -2.80. The number of aromatic nitrogens is 1. The van der Waals surface area contributed by atoms with Gasteiger partial charge in [-0.3, -0.25) is 9.59 Å². The summed E-state index contributed by atoms with van der Waals surface area (Å²) in [6, 6.07) is 9.98. The first kappa shape index (κ1) is 24.8. The van der Waals surface area contributed by atoms with Gasteiger partial charge in [-0.2, -0.15) is 0 Å². The Morgan fingerprint density at radius 3 is 2.25 bits per heavy atom. The molecule has 1 aromatic carbocycles. The van der Waals surface area contributed by atoms with Crippen LogP contribution in [0.2, 0.25) is 0 Å². The first-order valence-electron chi connectivity index (χ1n) is 10.4. The number of aromatic hydroxyl groups is 1. The van der Waals surface area contributed by atoms with E-state index < -0.39 is 35.8 Å². The highest BCUT2D eigenvalue weighted by molar-refractivity contribution is 5.99. The minimum absolute atomic E-state index is 0.111. The molecule has 3 atom stereocenters. The van der Waals surface area contributed by atoms with Crippen LogP contribution in [0, 0.1) is 11.8 Å². The maximum Gasteiger partial charge on any atom is 0.338 e. The minimum Gasteiger partial charge on any atom is -0.503 e. The van der Waals surface area contributed by atoms with Gasteiger partial charge in [0.05, 0.1) is 18.6 Å². The van der Waals surface area contributed by atoms with E-state index in [9.17, 15) is 19.5 Å². The third kappa shape index (κ3) is 6.29. The fourth-order valence-electron chi connectivity index (χ4n) is 3.17. The molecular weight excluding hydrogens is 414 g/mol. The number of Topliss-reactive ketones (excluding diaryl/α,β-unsaturated/α-hetero) is 1. The Bertz CT molecular complexity index is 943. The lowest BCUT2D eigenvalue weighted by atomic mass is 10.0. The molecule has 1 aromatic heterocycles. The number of carbonyl (C=O) groups excluding carboxylic acids is 3. The van der Waals surface area contributed by atoms with Crippen LogP contribution in [0.1, 0.15) is 55.0 Å². The Balaban J connectivity index is 2.01. The van der Waals surface area contributed by atoms with Gasteiger partial charge >= 0.3 is 11.9 Å². The van der Waals surface area contributed by atoms with E-state index in [-0.39, 0.29) is 29.5 Å². The van der Waals surface area contributed by atoms with Gasteiger partial charge in [0.15, 0.2) is 23.0 Å². The Kier molecular flexibility index (Phi) is 8.75. The molecule has 0 aliphatic carbocycles. The summed E-state index contributed by atoms with van der Waals surface area (Å²) in [5.41, 5.74) is 0.232. The molecule has 8 heteroatoms. The molecule has 32 heavy (non-hydrogen) atoms. The summed E-state index contributed by atoms with van der Waals surface area (Å²) in [4.78, 5) is 41.4. The lowest BCUT2D eigenvalue weighted by molar-refractivity contribution is -0.159. The van der Waals surface area contributed by atoms with E-state index in [1.54, 1.807) is 44.2 Å². The molecular formula is C24H29NO7. The molecule has 2 rings (SSSR count). The van der Waals surface area contributed by atoms with Crippen molar-refractivity contribution in [3.8, 4) is 11.5 Å². The average molecular weight is 443 g/mol. The Labute approximate surface area is 187 Å². The molecule has 1 heterocycles. The third-order valence-corrected chi connectivity index (χ3v) is 4.94. The van der Waals surface area contributed by atoms with Crippen LogP contribution in [0.25, 0.3) is 0 Å². The van der Waals surface area contributed by atoms with Crippen LogP contribution < -0.4 is 4.74 Å². The Hall–Kier alpha value is -3.42. The van der Waals surface area contributed by atoms with Crippen molar-refractivity contribution >= 4 is 17.7 Å². The van der Waals surface area contributed by atoms with Crippen molar-refractivity contribution < 1.29 is 33.7 Å². The molecule has 1 N–H and O–H groups in total. The van der Waals surface area contributed by atoms with Gasteiger partial charge < -0.3 is 19.3 Å². The number of pyridine rings is 1. The molecule has 8 nitrogen and oxygen atoms in total. The van der Waals surface area contributed by atoms with E-state index in [0.717, 1.165) is 0 Å². The fourth-order valence-corrected chi connectivity index (χ4v) is 3.17. The minimum atomic E-state index is -0.796. The molecule has 0 spiro atoms. The standard InChI is InChI=1S/C24H29NO7/c1-14(2)22(32-24(29)17-9-7-6-8-10-17)16(4)31-23(28)15(3)13-18(26)20-21(27)19(30-5)11-12-25-20/h6-12,14-16,22,27H,13H2,1-5H3/t15-,16+,22+/m1/s1. The van der Waals surface area contributed by atoms with Crippen molar-refractivity contribution in [2.45, 2.75) is 46.3 Å². The number of ketones is 1. The Morgan fingerprint density at radius 1 is 1.00 bits per heavy atom. The molecule has 0 radical (unpaired) electrons. The number of rotatable bonds is 10. The number of esters is 2. The van der Waals surface area contributed by atoms with Gasteiger partial charge in [0.1, 0.15) is 12.2 Å². The number of methoxy groups -OCH3 is 1. The predicted octanol–water partition coefficient (Wildman–Crippen LogP) is 3.82. The first-order valence-corrected chi connectivity index (χ1v) is 10.4. The molecule has 0 unspecified atom stereocenters. The van der Waals surface area contributed by atoms with E-state index in [1.165, 1.54) is 19.4 Å². The molecule has 0 aliphatic heterocycles. The zero-order valence-corrected chi connectivity index (χ0v) is 18.9. The Morgan fingerprint density at radius 2 is 1.66 bits per heavy atom. The number of nitrogens with zero attached hydrogens (tertiary/aromatic N) is 1. The lowest BCUT2D eigenvalue weighted by Gasteiger charge is -2.28. The number of ether oxygens (including phenoxy) is 3. The van der Waals surface area contributed by atoms with Gasteiger partial charge in [-0.05, 0) is 25.0 Å². The van der Waals surface area contributed by atoms with Crippen molar-refractivity contribution in [2.24, 2.45) is 11.8 Å². The maximum absolute atomic E-state index is 12.6. The molecule has 0 amide bonds. The average Bonchev–Trinajstić information content (AvgIpc) is 2.77. The zero-order valence-electron chi connectivity index (χ0n) is 18.9. The highest BCUT2D eigenvalue weighted by Gasteiger charge is 2.31. The highest BCUT2D eigenvalue weighted by atomic mass is 16.6. The third-order valence-electron chi connectivity index (χ3n) is 4.94. The smallest absolute Gasteiger partial charge is 0.338 e. The number of hydrogen-bond acceptors (Lipinski definition) is 8. The predicted molar refractivity (Wildman–Crippen MR) is 117 cm³/mol. The number of carbonyl (C=O) groups is 3. The summed E-state index contributed by atoms with van der Waals surface area (Å²) >= 11 is 0. The van der Waals surface area contributed by atoms with Crippen LogP contribution in [0.4, 0.5) is 0 Å². The summed E-state index contributed by atoms with van der Waals surface area (Å²) in [6.07, 6.45) is -0.268. The van der Waals surface area contributed by atoms with Gasteiger partial charge in [0.25, 0.3) is 0 Å². The fraction of sp³-hybridized carbons (Fsp3) is 0.417. The van der Waals surface area contributed by atoms with Crippen LogP contribution in [0.3, 0.4) is 0 Å². The van der Waals surface area contributed by atoms with E-state index in [2.05, 4.69) is 4.98 Å². The summed E-state index contributed by atoms with van der Waals surface area (Å²) in [5, 5.41) is 10.1. The topological polar surface area (TPSA) is 112 Å².